The van der Waals surface area contributed by atoms with Gasteiger partial charge in [-0.05, 0) is 114 Å². The largest absolute Gasteiger partial charge is 0.457 e. The van der Waals surface area contributed by atoms with Crippen molar-refractivity contribution in [1.29, 1.82) is 0 Å². The first kappa shape index (κ1) is 50.3. The Morgan fingerprint density at radius 1 is 0.439 bits per heavy atom. The number of para-hydroxylation sites is 2. The molecule has 14 heteroatoms. The topological polar surface area (TPSA) is 164 Å². The van der Waals surface area contributed by atoms with Gasteiger partial charge in [-0.3, -0.25) is 28.8 Å². The lowest BCUT2D eigenvalue weighted by Gasteiger charge is -2.49. The Kier molecular flexibility index (Phi) is 17.5. The van der Waals surface area contributed by atoms with Crippen molar-refractivity contribution in [3.05, 3.63) is 120 Å². The molecule has 1 saturated carbocycles. The SMILES string of the molecule is CCCN(Cc1ccc(Oc2ccccc2)cc1)C(=O)[C@H]1[C@@H](C(=O)OCOC(=O)C(C)(C)C)[C@H](C(=O)OCOC(=O)C(C)(C)C)[C@@H]1C(=O)N(CCC)Cc1ccc(Oc2ccccc2)cc1. The van der Waals surface area contributed by atoms with Gasteiger partial charge in [0.1, 0.15) is 23.0 Å². The average Bonchev–Trinajstić information content (AvgIpc) is 3.27. The molecule has 0 heterocycles. The fraction of sp³-hybridized carbons (Fsp3) is 0.423. The minimum Gasteiger partial charge on any atom is -0.457 e. The number of hydrogen-bond acceptors (Lipinski definition) is 12. The number of rotatable bonds is 20. The van der Waals surface area contributed by atoms with Crippen molar-refractivity contribution in [3.8, 4) is 23.0 Å². The zero-order valence-electron chi connectivity index (χ0n) is 39.2. The average molecular weight is 907 g/mol. The highest BCUT2D eigenvalue weighted by molar-refractivity contribution is 6.00. The molecule has 5 rings (SSSR count). The summed E-state index contributed by atoms with van der Waals surface area (Å²) in [6.45, 7) is 12.7. The summed E-state index contributed by atoms with van der Waals surface area (Å²) in [4.78, 5) is 86.9. The van der Waals surface area contributed by atoms with Crippen molar-refractivity contribution in [3.63, 3.8) is 0 Å². The Morgan fingerprint density at radius 3 is 1.06 bits per heavy atom. The molecule has 0 radical (unpaired) electrons. The van der Waals surface area contributed by atoms with Gasteiger partial charge in [0, 0.05) is 26.2 Å². The van der Waals surface area contributed by atoms with Crippen LogP contribution in [0.1, 0.15) is 79.4 Å². The molecule has 4 aromatic rings. The van der Waals surface area contributed by atoms with Gasteiger partial charge in [-0.25, -0.2) is 0 Å². The normalized spacial score (nSPS) is 16.7. The van der Waals surface area contributed by atoms with Gasteiger partial charge >= 0.3 is 23.9 Å². The molecule has 1 aliphatic rings. The summed E-state index contributed by atoms with van der Waals surface area (Å²) in [5, 5.41) is 0. The second kappa shape index (κ2) is 23.0. The van der Waals surface area contributed by atoms with Gasteiger partial charge in [-0.15, -0.1) is 0 Å². The Bertz CT molecular complexity index is 2090. The number of carbonyl (C=O) groups is 6. The highest BCUT2D eigenvalue weighted by Crippen LogP contribution is 2.50. The lowest BCUT2D eigenvalue weighted by atomic mass is 9.55. The summed E-state index contributed by atoms with van der Waals surface area (Å²) in [5.41, 5.74) is -0.339. The van der Waals surface area contributed by atoms with Crippen molar-refractivity contribution < 1.29 is 57.2 Å². The lowest BCUT2D eigenvalue weighted by Crippen LogP contribution is -2.64. The molecular weight excluding hydrogens is 845 g/mol. The van der Waals surface area contributed by atoms with E-state index in [1.807, 2.05) is 98.8 Å². The molecule has 1 aliphatic carbocycles. The Hall–Kier alpha value is -6.70. The third-order valence-corrected chi connectivity index (χ3v) is 10.8. The van der Waals surface area contributed by atoms with E-state index in [4.69, 9.17) is 28.4 Å². The predicted octanol–water partition coefficient (Wildman–Crippen LogP) is 9.11. The van der Waals surface area contributed by atoms with Crippen molar-refractivity contribution in [2.75, 3.05) is 26.7 Å². The summed E-state index contributed by atoms with van der Waals surface area (Å²) in [6.07, 6.45) is 1.06. The first-order valence-corrected chi connectivity index (χ1v) is 22.3. The van der Waals surface area contributed by atoms with Crippen LogP contribution in [0.4, 0.5) is 0 Å². The monoisotopic (exact) mass is 906 g/mol. The van der Waals surface area contributed by atoms with Gasteiger partial charge in [-0.2, -0.15) is 0 Å². The second-order valence-electron chi connectivity index (χ2n) is 18.3. The smallest absolute Gasteiger partial charge is 0.314 e. The number of benzene rings is 4. The van der Waals surface area contributed by atoms with E-state index in [0.29, 0.717) is 35.8 Å². The third-order valence-electron chi connectivity index (χ3n) is 10.8. The van der Waals surface area contributed by atoms with Gasteiger partial charge in [0.2, 0.25) is 25.4 Å². The van der Waals surface area contributed by atoms with Crippen LogP contribution in [0.15, 0.2) is 109 Å². The highest BCUT2D eigenvalue weighted by Gasteiger charge is 2.65. The molecule has 352 valence electrons. The van der Waals surface area contributed by atoms with Crippen LogP contribution in [-0.2, 0) is 60.8 Å². The summed E-state index contributed by atoms with van der Waals surface area (Å²) < 4.78 is 33.3. The van der Waals surface area contributed by atoms with Crippen LogP contribution in [0, 0.1) is 34.5 Å². The highest BCUT2D eigenvalue weighted by atomic mass is 16.7. The molecule has 0 aromatic heterocycles. The lowest BCUT2D eigenvalue weighted by molar-refractivity contribution is -0.203. The Labute approximate surface area is 387 Å². The molecule has 14 nitrogen and oxygen atoms in total. The quantitative estimate of drug-likeness (QED) is 0.0611. The van der Waals surface area contributed by atoms with Gasteiger partial charge in [0.25, 0.3) is 0 Å². The maximum atomic E-state index is 15.1. The molecule has 4 atom stereocenters. The molecule has 2 amide bonds. The van der Waals surface area contributed by atoms with Crippen LogP contribution in [0.25, 0.3) is 0 Å². The fourth-order valence-electron chi connectivity index (χ4n) is 7.37. The zero-order valence-corrected chi connectivity index (χ0v) is 39.2. The Balaban J connectivity index is 1.48. The molecule has 0 aliphatic heterocycles. The van der Waals surface area contributed by atoms with Crippen LogP contribution in [0.3, 0.4) is 0 Å². The molecule has 4 aromatic carbocycles. The van der Waals surface area contributed by atoms with Gasteiger partial charge in [0.15, 0.2) is 0 Å². The molecule has 0 bridgehead atoms. The summed E-state index contributed by atoms with van der Waals surface area (Å²) in [5.74, 6) is -7.87. The molecule has 0 spiro atoms. The van der Waals surface area contributed by atoms with E-state index in [9.17, 15) is 19.2 Å². The maximum Gasteiger partial charge on any atom is 0.314 e. The van der Waals surface area contributed by atoms with Gasteiger partial charge in [0.05, 0.1) is 34.5 Å². The first-order chi connectivity index (χ1) is 31.4. The second-order valence-corrected chi connectivity index (χ2v) is 18.3. The van der Waals surface area contributed by atoms with E-state index in [1.54, 1.807) is 75.6 Å². The van der Waals surface area contributed by atoms with Crippen LogP contribution < -0.4 is 9.47 Å². The summed E-state index contributed by atoms with van der Waals surface area (Å²) >= 11 is 0. The van der Waals surface area contributed by atoms with E-state index >= 15 is 9.59 Å². The summed E-state index contributed by atoms with van der Waals surface area (Å²) in [7, 11) is 0. The molecule has 66 heavy (non-hydrogen) atoms. The van der Waals surface area contributed by atoms with Crippen molar-refractivity contribution >= 4 is 35.7 Å². The number of esters is 4. The van der Waals surface area contributed by atoms with E-state index in [-0.39, 0.29) is 26.2 Å². The third kappa shape index (κ3) is 13.7. The number of nitrogens with zero attached hydrogens (tertiary/aromatic N) is 2. The minimum atomic E-state index is -1.54. The molecule has 0 saturated heterocycles. The molecular formula is C52H62N2O12. The van der Waals surface area contributed by atoms with Crippen molar-refractivity contribution in [1.82, 2.24) is 9.80 Å². The maximum absolute atomic E-state index is 15.1. The minimum absolute atomic E-state index is 0.106. The van der Waals surface area contributed by atoms with Crippen LogP contribution in [0.5, 0.6) is 23.0 Å². The van der Waals surface area contributed by atoms with Crippen molar-refractivity contribution in [2.24, 2.45) is 34.5 Å². The molecule has 1 fully saturated rings. The van der Waals surface area contributed by atoms with E-state index in [2.05, 4.69) is 0 Å². The molecule has 0 unspecified atom stereocenters. The standard InChI is InChI=1S/C52H62N2O12/c1-9-29-53(31-35-21-25-39(26-22-35)65-37-17-13-11-14-18-37)45(55)41-42(46(56)54(30-10-2)32-36-23-27-40(28-24-36)66-38-19-15-12-16-20-38)44(48(58)62-34-64-50(60)52(6,7)8)43(41)47(57)61-33-63-49(59)51(3,4)5/h11-28,41-44H,9-10,29-34H2,1-8H3/t41-,42-,43-,44-/m1/s1. The molecule has 0 N–H and O–H groups in total. The summed E-state index contributed by atoms with van der Waals surface area (Å²) in [6, 6.07) is 33.0. The van der Waals surface area contributed by atoms with Gasteiger partial charge < -0.3 is 38.2 Å². The zero-order chi connectivity index (χ0) is 48.0. The number of amides is 2. The van der Waals surface area contributed by atoms with E-state index < -0.39 is 83.8 Å². The first-order valence-electron chi connectivity index (χ1n) is 22.3. The van der Waals surface area contributed by atoms with Crippen LogP contribution in [-0.4, -0.2) is 72.2 Å². The predicted molar refractivity (Wildman–Crippen MR) is 244 cm³/mol. The number of carbonyl (C=O) groups excluding carboxylic acids is 6. The van der Waals surface area contributed by atoms with Crippen LogP contribution in [0.2, 0.25) is 0 Å². The van der Waals surface area contributed by atoms with E-state index in [1.165, 1.54) is 0 Å². The number of ether oxygens (including phenoxy) is 6. The van der Waals surface area contributed by atoms with E-state index in [0.717, 1.165) is 11.1 Å². The van der Waals surface area contributed by atoms with Crippen molar-refractivity contribution in [2.45, 2.75) is 81.3 Å². The Morgan fingerprint density at radius 2 is 0.758 bits per heavy atom. The van der Waals surface area contributed by atoms with Gasteiger partial charge in [-0.1, -0.05) is 74.5 Å². The fourth-order valence-corrected chi connectivity index (χ4v) is 7.37. The number of hydrogen-bond donors (Lipinski definition) is 0. The van der Waals surface area contributed by atoms with Crippen LogP contribution >= 0.6 is 0 Å².